The zero-order chi connectivity index (χ0) is 14.8. The number of rotatable bonds is 4. The summed E-state index contributed by atoms with van der Waals surface area (Å²) in [7, 11) is -1.89. The largest absolute Gasteiger partial charge is 0.316 e. The van der Waals surface area contributed by atoms with Crippen LogP contribution in [0.4, 0.5) is 5.69 Å². The van der Waals surface area contributed by atoms with Crippen molar-refractivity contribution in [3.63, 3.8) is 0 Å². The van der Waals surface area contributed by atoms with Crippen molar-refractivity contribution in [2.75, 3.05) is 20.1 Å². The van der Waals surface area contributed by atoms with Crippen LogP contribution in [0.1, 0.15) is 12.8 Å². The third-order valence-corrected chi connectivity index (χ3v) is 5.11. The van der Waals surface area contributed by atoms with E-state index >= 15 is 0 Å². The van der Waals surface area contributed by atoms with Gasteiger partial charge in [-0.25, -0.2) is 13.4 Å². The fourth-order valence-corrected chi connectivity index (χ4v) is 3.60. The summed E-state index contributed by atoms with van der Waals surface area (Å²) in [5.41, 5.74) is -0.226. The van der Waals surface area contributed by atoms with E-state index in [0.717, 1.165) is 25.1 Å². The lowest BCUT2D eigenvalue weighted by molar-refractivity contribution is -0.385. The summed E-state index contributed by atoms with van der Waals surface area (Å²) in [5, 5.41) is 13.5. The summed E-state index contributed by atoms with van der Waals surface area (Å²) in [6, 6.07) is 2.45. The monoisotopic (exact) mass is 336 g/mol. The lowest BCUT2D eigenvalue weighted by Gasteiger charge is -2.31. The van der Waals surface area contributed by atoms with Crippen LogP contribution in [0.3, 0.4) is 0 Å². The van der Waals surface area contributed by atoms with Crippen molar-refractivity contribution in [1.29, 1.82) is 0 Å². The minimum absolute atomic E-state index is 0. The summed E-state index contributed by atoms with van der Waals surface area (Å²) >= 11 is 0. The van der Waals surface area contributed by atoms with E-state index < -0.39 is 14.9 Å². The van der Waals surface area contributed by atoms with Gasteiger partial charge in [-0.1, -0.05) is 0 Å². The quantitative estimate of drug-likeness (QED) is 0.643. The van der Waals surface area contributed by atoms with Crippen molar-refractivity contribution in [2.24, 2.45) is 0 Å². The first-order chi connectivity index (χ1) is 9.45. The zero-order valence-electron chi connectivity index (χ0n) is 11.4. The van der Waals surface area contributed by atoms with E-state index in [0.29, 0.717) is 13.1 Å². The number of aromatic nitrogens is 1. The number of hydrogen-bond acceptors (Lipinski definition) is 6. The molecule has 1 aromatic heterocycles. The topological polar surface area (TPSA) is 105 Å². The molecule has 0 radical (unpaired) electrons. The molecule has 1 fully saturated rings. The molecule has 1 aliphatic heterocycles. The lowest BCUT2D eigenvalue weighted by Crippen LogP contribution is -2.47. The summed E-state index contributed by atoms with van der Waals surface area (Å²) in [6.45, 7) is 0.830. The second-order valence-electron chi connectivity index (χ2n) is 4.60. The fraction of sp³-hybridized carbons (Fsp3) is 0.545. The van der Waals surface area contributed by atoms with Gasteiger partial charge in [-0.05, 0) is 26.0 Å². The van der Waals surface area contributed by atoms with Gasteiger partial charge in [0, 0.05) is 25.2 Å². The molecule has 1 aromatic rings. The molecule has 1 unspecified atom stereocenters. The molecule has 21 heavy (non-hydrogen) atoms. The van der Waals surface area contributed by atoms with E-state index in [-0.39, 0.29) is 29.2 Å². The minimum atomic E-state index is -3.69. The lowest BCUT2D eigenvalue weighted by atomic mass is 10.1. The minimum Gasteiger partial charge on any atom is -0.316 e. The van der Waals surface area contributed by atoms with Crippen LogP contribution in [0.2, 0.25) is 0 Å². The molecule has 0 spiro atoms. The Morgan fingerprint density at radius 3 is 2.71 bits per heavy atom. The SMILES string of the molecule is CNC1CCCN(S(=O)(=O)c2ccc([N+](=O)[O-])cn2)C1.Cl. The molecule has 118 valence electrons. The molecule has 0 saturated carbocycles. The van der Waals surface area contributed by atoms with Gasteiger partial charge in [-0.3, -0.25) is 10.1 Å². The number of halogens is 1. The van der Waals surface area contributed by atoms with Crippen LogP contribution in [-0.2, 0) is 10.0 Å². The molecule has 0 aliphatic carbocycles. The smallest absolute Gasteiger partial charge is 0.287 e. The third kappa shape index (κ3) is 3.88. The summed E-state index contributed by atoms with van der Waals surface area (Å²) in [5.74, 6) is 0. The molecular weight excluding hydrogens is 320 g/mol. The first kappa shape index (κ1) is 17.8. The van der Waals surface area contributed by atoms with Gasteiger partial charge >= 0.3 is 0 Å². The first-order valence-corrected chi connectivity index (χ1v) is 7.67. The molecule has 0 aromatic carbocycles. The Bertz CT molecular complexity index is 593. The number of nitro groups is 1. The maximum Gasteiger partial charge on any atom is 0.287 e. The average Bonchev–Trinajstić information content (AvgIpc) is 2.47. The summed E-state index contributed by atoms with van der Waals surface area (Å²) in [6.07, 6.45) is 2.67. The molecular formula is C11H17ClN4O4S. The predicted molar refractivity (Wildman–Crippen MR) is 79.0 cm³/mol. The molecule has 0 bridgehead atoms. The number of hydrogen-bond donors (Lipinski definition) is 1. The Labute approximate surface area is 129 Å². The number of nitrogens with one attached hydrogen (secondary N) is 1. The van der Waals surface area contributed by atoms with E-state index in [1.54, 1.807) is 7.05 Å². The molecule has 1 saturated heterocycles. The van der Waals surface area contributed by atoms with Gasteiger partial charge in [0.15, 0.2) is 5.03 Å². The maximum absolute atomic E-state index is 12.4. The third-order valence-electron chi connectivity index (χ3n) is 3.33. The van der Waals surface area contributed by atoms with Crippen LogP contribution >= 0.6 is 12.4 Å². The summed E-state index contributed by atoms with van der Waals surface area (Å²) < 4.78 is 26.2. The van der Waals surface area contributed by atoms with Crippen LogP contribution in [0, 0.1) is 10.1 Å². The highest BCUT2D eigenvalue weighted by Crippen LogP contribution is 2.20. The van der Waals surface area contributed by atoms with Crippen molar-refractivity contribution in [3.8, 4) is 0 Å². The number of sulfonamides is 1. The Hall–Kier alpha value is -1.29. The van der Waals surface area contributed by atoms with Crippen molar-refractivity contribution in [2.45, 2.75) is 23.9 Å². The summed E-state index contributed by atoms with van der Waals surface area (Å²) in [4.78, 5) is 13.6. The van der Waals surface area contributed by atoms with Crippen LogP contribution in [0.15, 0.2) is 23.4 Å². The van der Waals surface area contributed by atoms with E-state index in [2.05, 4.69) is 10.3 Å². The molecule has 1 atom stereocenters. The number of pyridine rings is 1. The number of piperidine rings is 1. The molecule has 2 rings (SSSR count). The second kappa shape index (κ2) is 7.12. The Morgan fingerprint density at radius 1 is 1.48 bits per heavy atom. The van der Waals surface area contributed by atoms with Gasteiger partial charge < -0.3 is 5.32 Å². The Balaban J connectivity index is 0.00000220. The molecule has 1 N–H and O–H groups in total. The highest BCUT2D eigenvalue weighted by molar-refractivity contribution is 7.89. The average molecular weight is 337 g/mol. The predicted octanol–water partition coefficient (Wildman–Crippen LogP) is 0.784. The normalized spacial score (nSPS) is 19.8. The van der Waals surface area contributed by atoms with Crippen LogP contribution in [0.5, 0.6) is 0 Å². The molecule has 0 amide bonds. The van der Waals surface area contributed by atoms with Crippen LogP contribution in [-0.4, -0.2) is 48.8 Å². The van der Waals surface area contributed by atoms with Crippen molar-refractivity contribution >= 4 is 28.1 Å². The number of nitrogens with zero attached hydrogens (tertiary/aromatic N) is 3. The van der Waals surface area contributed by atoms with Gasteiger partial charge in [0.2, 0.25) is 0 Å². The van der Waals surface area contributed by atoms with Crippen molar-refractivity contribution in [1.82, 2.24) is 14.6 Å². The van der Waals surface area contributed by atoms with Gasteiger partial charge in [-0.15, -0.1) is 12.4 Å². The van der Waals surface area contributed by atoms with E-state index in [1.165, 1.54) is 10.4 Å². The van der Waals surface area contributed by atoms with Crippen molar-refractivity contribution < 1.29 is 13.3 Å². The Morgan fingerprint density at radius 2 is 2.19 bits per heavy atom. The zero-order valence-corrected chi connectivity index (χ0v) is 13.1. The van der Waals surface area contributed by atoms with Crippen molar-refractivity contribution in [3.05, 3.63) is 28.4 Å². The molecule has 2 heterocycles. The van der Waals surface area contributed by atoms with Gasteiger partial charge in [0.1, 0.15) is 6.20 Å². The first-order valence-electron chi connectivity index (χ1n) is 6.23. The van der Waals surface area contributed by atoms with E-state index in [4.69, 9.17) is 0 Å². The maximum atomic E-state index is 12.4. The van der Waals surface area contributed by atoms with E-state index in [1.807, 2.05) is 0 Å². The van der Waals surface area contributed by atoms with Gasteiger partial charge in [0.25, 0.3) is 15.7 Å². The molecule has 1 aliphatic rings. The van der Waals surface area contributed by atoms with Crippen LogP contribution < -0.4 is 5.32 Å². The highest BCUT2D eigenvalue weighted by atomic mass is 35.5. The second-order valence-corrected chi connectivity index (χ2v) is 6.49. The number of likely N-dealkylation sites (N-methyl/N-ethyl adjacent to an activating group) is 1. The highest BCUT2D eigenvalue weighted by Gasteiger charge is 2.30. The van der Waals surface area contributed by atoms with Gasteiger partial charge in [0.05, 0.1) is 4.92 Å². The molecule has 8 nitrogen and oxygen atoms in total. The van der Waals surface area contributed by atoms with Gasteiger partial charge in [-0.2, -0.15) is 4.31 Å². The van der Waals surface area contributed by atoms with Crippen LogP contribution in [0.25, 0.3) is 0 Å². The standard InChI is InChI=1S/C11H16N4O4S.ClH/c1-12-9-3-2-6-14(8-9)20(18,19)11-5-4-10(7-13-11)15(16)17;/h4-5,7,9,12H,2-3,6,8H2,1H3;1H. The molecule has 10 heteroatoms. The Kier molecular flexibility index (Phi) is 6.02. The van der Waals surface area contributed by atoms with E-state index in [9.17, 15) is 18.5 Å². The fourth-order valence-electron chi connectivity index (χ4n) is 2.16.